The Morgan fingerprint density at radius 1 is 0.939 bits per heavy atom. The number of hydrogen-bond donors (Lipinski definition) is 2. The van der Waals surface area contributed by atoms with E-state index in [4.69, 9.17) is 4.74 Å². The van der Waals surface area contributed by atoms with Crippen LogP contribution in [-0.4, -0.2) is 23.4 Å². The van der Waals surface area contributed by atoms with E-state index in [2.05, 4.69) is 53.8 Å². The standard InChI is InChI=1S/C12H15NO3.C11H16O.C5H12/c1-3-12(15)13-10-4-6-11(7-5-10)16-8-9(2)14;1-8-5-6-10(12)9(7-8)11(2,3)4;1-5(2,3)4/h4-7H,3,8H2,1-2H3,(H,13,15);5-7,12H,1-4H3;1-4H3. The summed E-state index contributed by atoms with van der Waals surface area (Å²) in [5.74, 6) is 0.957. The Balaban J connectivity index is 0.000000530. The molecule has 184 valence electrons. The fraction of sp³-hybridized carbons (Fsp3) is 0.500. The van der Waals surface area contributed by atoms with Crippen LogP contribution in [0.1, 0.15) is 79.9 Å². The van der Waals surface area contributed by atoms with Crippen LogP contribution >= 0.6 is 0 Å². The van der Waals surface area contributed by atoms with Gasteiger partial charge in [-0.1, -0.05) is 73.1 Å². The van der Waals surface area contributed by atoms with Gasteiger partial charge in [-0.15, -0.1) is 0 Å². The fourth-order valence-electron chi connectivity index (χ4n) is 2.32. The smallest absolute Gasteiger partial charge is 0.224 e. The van der Waals surface area contributed by atoms with Crippen LogP contribution in [-0.2, 0) is 15.0 Å². The van der Waals surface area contributed by atoms with Gasteiger partial charge in [0.05, 0.1) is 0 Å². The number of aromatic hydroxyl groups is 1. The first-order valence-electron chi connectivity index (χ1n) is 11.3. The van der Waals surface area contributed by atoms with Gasteiger partial charge in [-0.05, 0) is 60.6 Å². The van der Waals surface area contributed by atoms with E-state index in [0.29, 0.717) is 23.3 Å². The molecule has 2 N–H and O–H groups in total. The zero-order chi connectivity index (χ0) is 25.8. The summed E-state index contributed by atoms with van der Waals surface area (Å²) in [6, 6.07) is 12.6. The normalized spacial score (nSPS) is 10.7. The van der Waals surface area contributed by atoms with Crippen LogP contribution < -0.4 is 10.1 Å². The van der Waals surface area contributed by atoms with Crippen molar-refractivity contribution in [2.45, 2.75) is 81.1 Å². The number of rotatable bonds is 5. The van der Waals surface area contributed by atoms with Crippen molar-refractivity contribution in [1.29, 1.82) is 0 Å². The first-order chi connectivity index (χ1) is 15.0. The van der Waals surface area contributed by atoms with Crippen molar-refractivity contribution >= 4 is 17.4 Å². The van der Waals surface area contributed by atoms with E-state index in [-0.39, 0.29) is 23.7 Å². The Hall–Kier alpha value is -2.82. The molecule has 0 saturated carbocycles. The van der Waals surface area contributed by atoms with Crippen molar-refractivity contribution in [1.82, 2.24) is 0 Å². The molecule has 0 saturated heterocycles. The van der Waals surface area contributed by atoms with Gasteiger partial charge in [-0.25, -0.2) is 0 Å². The van der Waals surface area contributed by atoms with Crippen LogP contribution in [0, 0.1) is 12.3 Å². The minimum Gasteiger partial charge on any atom is -0.508 e. The third-order valence-electron chi connectivity index (χ3n) is 3.86. The maximum atomic E-state index is 11.1. The summed E-state index contributed by atoms with van der Waals surface area (Å²) < 4.78 is 5.19. The molecule has 0 aliphatic carbocycles. The maximum Gasteiger partial charge on any atom is 0.224 e. The number of hydrogen-bond acceptors (Lipinski definition) is 4. The quantitative estimate of drug-likeness (QED) is 0.504. The van der Waals surface area contributed by atoms with Crippen molar-refractivity contribution < 1.29 is 19.4 Å². The Morgan fingerprint density at radius 3 is 1.85 bits per heavy atom. The molecular formula is C28H43NO4. The summed E-state index contributed by atoms with van der Waals surface area (Å²) in [5, 5.41) is 12.3. The minimum atomic E-state index is -0.0302. The van der Waals surface area contributed by atoms with Crippen molar-refractivity contribution in [3.8, 4) is 11.5 Å². The lowest BCUT2D eigenvalue weighted by Crippen LogP contribution is -2.11. The Labute approximate surface area is 200 Å². The Morgan fingerprint density at radius 2 is 1.45 bits per heavy atom. The molecule has 5 heteroatoms. The third kappa shape index (κ3) is 15.6. The zero-order valence-corrected chi connectivity index (χ0v) is 22.1. The number of nitrogens with one attached hydrogen (secondary N) is 1. The lowest BCUT2D eigenvalue weighted by molar-refractivity contribution is -0.119. The number of ether oxygens (including phenoxy) is 1. The average molecular weight is 458 g/mol. The molecule has 2 rings (SSSR count). The van der Waals surface area contributed by atoms with Gasteiger partial charge in [0.1, 0.15) is 18.1 Å². The van der Waals surface area contributed by atoms with E-state index in [1.54, 1.807) is 37.3 Å². The molecule has 0 unspecified atom stereocenters. The van der Waals surface area contributed by atoms with Crippen LogP contribution in [0.15, 0.2) is 42.5 Å². The van der Waals surface area contributed by atoms with Crippen LogP contribution in [0.3, 0.4) is 0 Å². The largest absolute Gasteiger partial charge is 0.508 e. The number of phenols is 1. The van der Waals surface area contributed by atoms with E-state index in [1.165, 1.54) is 12.5 Å². The molecule has 0 radical (unpaired) electrons. The number of Topliss-reactive ketones (excluding diaryl/α,β-unsaturated/α-hetero) is 1. The highest BCUT2D eigenvalue weighted by molar-refractivity contribution is 5.90. The second-order valence-electron chi connectivity index (χ2n) is 10.7. The number of amides is 1. The van der Waals surface area contributed by atoms with Crippen LogP contribution in [0.4, 0.5) is 5.69 Å². The van der Waals surface area contributed by atoms with E-state index < -0.39 is 0 Å². The molecule has 2 aromatic rings. The molecule has 0 aromatic heterocycles. The highest BCUT2D eigenvalue weighted by Crippen LogP contribution is 2.30. The molecule has 0 atom stereocenters. The molecular weight excluding hydrogens is 414 g/mol. The third-order valence-corrected chi connectivity index (χ3v) is 3.86. The predicted molar refractivity (Wildman–Crippen MR) is 138 cm³/mol. The van der Waals surface area contributed by atoms with E-state index in [0.717, 1.165) is 11.3 Å². The number of phenolic OH excluding ortho intramolecular Hbond substituents is 1. The summed E-state index contributed by atoms with van der Waals surface area (Å²) in [6.07, 6.45) is 0.447. The van der Waals surface area contributed by atoms with Crippen molar-refractivity contribution in [2.24, 2.45) is 5.41 Å². The number of benzene rings is 2. The van der Waals surface area contributed by atoms with Gasteiger partial charge in [-0.2, -0.15) is 0 Å². The van der Waals surface area contributed by atoms with Gasteiger partial charge in [0, 0.05) is 12.1 Å². The molecule has 0 bridgehead atoms. The SMILES string of the molecule is CC(C)(C)C.CCC(=O)Nc1ccc(OCC(C)=O)cc1.Cc1ccc(O)c(C(C)(C)C)c1. The van der Waals surface area contributed by atoms with Crippen LogP contribution in [0.25, 0.3) is 0 Å². The fourth-order valence-corrected chi connectivity index (χ4v) is 2.32. The first kappa shape index (κ1) is 30.2. The van der Waals surface area contributed by atoms with E-state index in [9.17, 15) is 14.7 Å². The average Bonchev–Trinajstić information content (AvgIpc) is 2.67. The van der Waals surface area contributed by atoms with Gasteiger partial charge in [0.2, 0.25) is 5.91 Å². The molecule has 2 aromatic carbocycles. The highest BCUT2D eigenvalue weighted by atomic mass is 16.5. The molecule has 0 fully saturated rings. The summed E-state index contributed by atoms with van der Waals surface area (Å²) in [4.78, 5) is 21.8. The number of carbonyl (C=O) groups is 2. The summed E-state index contributed by atoms with van der Waals surface area (Å²) in [6.45, 7) is 20.4. The lowest BCUT2D eigenvalue weighted by atomic mass is 9.85. The van der Waals surface area contributed by atoms with E-state index >= 15 is 0 Å². The lowest BCUT2D eigenvalue weighted by Gasteiger charge is -2.20. The second kappa shape index (κ2) is 13.7. The van der Waals surface area contributed by atoms with Gasteiger partial charge in [0.25, 0.3) is 0 Å². The molecule has 0 heterocycles. The zero-order valence-electron chi connectivity index (χ0n) is 22.1. The number of anilines is 1. The number of ketones is 1. The molecule has 5 nitrogen and oxygen atoms in total. The number of aryl methyl sites for hydroxylation is 1. The first-order valence-corrected chi connectivity index (χ1v) is 11.3. The maximum absolute atomic E-state index is 11.1. The van der Waals surface area contributed by atoms with Gasteiger partial charge in [0.15, 0.2) is 5.78 Å². The summed E-state index contributed by atoms with van der Waals surface area (Å²) >= 11 is 0. The molecule has 33 heavy (non-hydrogen) atoms. The topological polar surface area (TPSA) is 75.6 Å². The molecule has 0 aliphatic rings. The number of carbonyl (C=O) groups excluding carboxylic acids is 2. The minimum absolute atomic E-state index is 0.0239. The monoisotopic (exact) mass is 457 g/mol. The van der Waals surface area contributed by atoms with Crippen LogP contribution in [0.2, 0.25) is 0 Å². The molecule has 0 spiro atoms. The second-order valence-corrected chi connectivity index (χ2v) is 10.7. The van der Waals surface area contributed by atoms with Gasteiger partial charge in [-0.3, -0.25) is 9.59 Å². The molecule has 1 amide bonds. The summed E-state index contributed by atoms with van der Waals surface area (Å²) in [7, 11) is 0. The predicted octanol–water partition coefficient (Wildman–Crippen LogP) is 7.05. The van der Waals surface area contributed by atoms with Crippen molar-refractivity contribution in [3.63, 3.8) is 0 Å². The van der Waals surface area contributed by atoms with E-state index in [1.807, 2.05) is 19.1 Å². The van der Waals surface area contributed by atoms with Gasteiger partial charge >= 0.3 is 0 Å². The highest BCUT2D eigenvalue weighted by Gasteiger charge is 2.17. The van der Waals surface area contributed by atoms with Crippen molar-refractivity contribution in [2.75, 3.05) is 11.9 Å². The Bertz CT molecular complexity index is 866. The van der Waals surface area contributed by atoms with Crippen molar-refractivity contribution in [3.05, 3.63) is 53.6 Å². The van der Waals surface area contributed by atoms with Crippen LogP contribution in [0.5, 0.6) is 11.5 Å². The molecule has 0 aliphatic heterocycles. The van der Waals surface area contributed by atoms with Gasteiger partial charge < -0.3 is 15.2 Å². The summed E-state index contributed by atoms with van der Waals surface area (Å²) in [5.41, 5.74) is 3.46. The Kier molecular flexibility index (Phi) is 12.5.